The summed E-state index contributed by atoms with van der Waals surface area (Å²) in [7, 11) is 1.66. The van der Waals surface area contributed by atoms with E-state index in [0.29, 0.717) is 11.2 Å². The van der Waals surface area contributed by atoms with Crippen LogP contribution in [-0.4, -0.2) is 21.8 Å². The number of aryl methyl sites for hydroxylation is 1. The fourth-order valence-corrected chi connectivity index (χ4v) is 6.75. The van der Waals surface area contributed by atoms with E-state index in [2.05, 4.69) is 52.9 Å². The average Bonchev–Trinajstić information content (AvgIpc) is 3.49. The molecule has 1 aliphatic carbocycles. The molecule has 1 N–H and O–H groups in total. The van der Waals surface area contributed by atoms with Gasteiger partial charge in [0.15, 0.2) is 5.11 Å². The minimum absolute atomic E-state index is 0.0284. The molecule has 7 heteroatoms. The number of nitrogens with one attached hydrogen (secondary N) is 1. The van der Waals surface area contributed by atoms with Gasteiger partial charge in [-0.15, -0.1) is 0 Å². The molecule has 1 saturated heterocycles. The Labute approximate surface area is 242 Å². The lowest BCUT2D eigenvalue weighted by Gasteiger charge is -2.30. The standard InChI is InChI=1S/C33H36N4O2S/c1-22-21-29(23(2)36(22)24-9-5-4-6-10-24)32-31(30-11-7-8-20-34-30)35-33(40)37(32)25-12-14-27(15-13-25)39-28-18-16-26(38-3)17-19-28/h7-8,11-21,24,31-32H,4-6,9-10H2,1-3H3,(H,35,40)/t31-,32+/m1/s1. The van der Waals surface area contributed by atoms with Gasteiger partial charge < -0.3 is 24.3 Å². The van der Waals surface area contributed by atoms with E-state index in [1.54, 1.807) is 7.11 Å². The van der Waals surface area contributed by atoms with Crippen LogP contribution in [0, 0.1) is 13.8 Å². The SMILES string of the molecule is COc1ccc(Oc2ccc(N3C(=S)N[C@H](c4ccccn4)[C@@H]3c3cc(C)n(C4CCCCC4)c3C)cc2)cc1. The summed E-state index contributed by atoms with van der Waals surface area (Å²) in [6.07, 6.45) is 8.31. The first kappa shape index (κ1) is 26.4. The quantitative estimate of drug-likeness (QED) is 0.235. The number of hydrogen-bond donors (Lipinski definition) is 1. The second-order valence-corrected chi connectivity index (χ2v) is 11.1. The maximum absolute atomic E-state index is 6.09. The van der Waals surface area contributed by atoms with Crippen molar-refractivity contribution in [3.05, 3.63) is 102 Å². The number of benzene rings is 2. The van der Waals surface area contributed by atoms with E-state index in [1.165, 1.54) is 49.1 Å². The molecule has 2 aliphatic rings. The smallest absolute Gasteiger partial charge is 0.174 e. The number of thiocarbonyl (C=S) groups is 1. The summed E-state index contributed by atoms with van der Waals surface area (Å²) < 4.78 is 13.9. The summed E-state index contributed by atoms with van der Waals surface area (Å²) in [6.45, 7) is 4.52. The highest BCUT2D eigenvalue weighted by Gasteiger charge is 2.42. The van der Waals surface area contributed by atoms with Gasteiger partial charge in [0.2, 0.25) is 0 Å². The number of anilines is 1. The third-order valence-electron chi connectivity index (χ3n) is 8.29. The number of aromatic nitrogens is 2. The number of methoxy groups -OCH3 is 1. The molecule has 1 aliphatic heterocycles. The molecule has 3 heterocycles. The second-order valence-electron chi connectivity index (χ2n) is 10.8. The summed E-state index contributed by atoms with van der Waals surface area (Å²) in [5.74, 6) is 2.32. The first-order valence-electron chi connectivity index (χ1n) is 14.1. The van der Waals surface area contributed by atoms with Crippen LogP contribution in [-0.2, 0) is 0 Å². The molecule has 206 valence electrons. The molecule has 2 fully saturated rings. The molecular formula is C33H36N4O2S. The molecular weight excluding hydrogens is 516 g/mol. The fraction of sp³-hybridized carbons (Fsp3) is 0.333. The Kier molecular flexibility index (Phi) is 7.48. The normalized spacial score (nSPS) is 19.5. The zero-order valence-corrected chi connectivity index (χ0v) is 24.2. The topological polar surface area (TPSA) is 51.6 Å². The average molecular weight is 553 g/mol. The van der Waals surface area contributed by atoms with Crippen LogP contribution in [0.15, 0.2) is 79.0 Å². The summed E-state index contributed by atoms with van der Waals surface area (Å²) in [4.78, 5) is 6.99. The Hall–Kier alpha value is -3.84. The van der Waals surface area contributed by atoms with Gasteiger partial charge in [0.05, 0.1) is 24.9 Å². The molecule has 2 atom stereocenters. The largest absolute Gasteiger partial charge is 0.497 e. The highest BCUT2D eigenvalue weighted by molar-refractivity contribution is 7.80. The van der Waals surface area contributed by atoms with Crippen molar-refractivity contribution in [2.24, 2.45) is 0 Å². The van der Waals surface area contributed by atoms with Crippen molar-refractivity contribution in [3.63, 3.8) is 0 Å². The van der Waals surface area contributed by atoms with Gasteiger partial charge in [-0.3, -0.25) is 4.98 Å². The third-order valence-corrected chi connectivity index (χ3v) is 8.60. The van der Waals surface area contributed by atoms with Gasteiger partial charge in [-0.1, -0.05) is 25.3 Å². The van der Waals surface area contributed by atoms with E-state index in [4.69, 9.17) is 26.7 Å². The molecule has 0 bridgehead atoms. The van der Waals surface area contributed by atoms with Gasteiger partial charge in [-0.25, -0.2) is 0 Å². The number of ether oxygens (including phenoxy) is 2. The van der Waals surface area contributed by atoms with Crippen LogP contribution in [0.25, 0.3) is 0 Å². The van der Waals surface area contributed by atoms with Gasteiger partial charge in [0, 0.05) is 29.3 Å². The molecule has 1 saturated carbocycles. The molecule has 0 radical (unpaired) electrons. The van der Waals surface area contributed by atoms with Crippen molar-refractivity contribution in [1.29, 1.82) is 0 Å². The number of rotatable bonds is 7. The lowest BCUT2D eigenvalue weighted by Crippen LogP contribution is -2.29. The van der Waals surface area contributed by atoms with Crippen molar-refractivity contribution in [2.75, 3.05) is 12.0 Å². The van der Waals surface area contributed by atoms with Gasteiger partial charge >= 0.3 is 0 Å². The number of nitrogens with zero attached hydrogens (tertiary/aromatic N) is 3. The highest BCUT2D eigenvalue weighted by atomic mass is 32.1. The van der Waals surface area contributed by atoms with E-state index in [0.717, 1.165) is 28.6 Å². The Morgan fingerprint density at radius 2 is 1.55 bits per heavy atom. The maximum atomic E-state index is 6.09. The van der Waals surface area contributed by atoms with Crippen molar-refractivity contribution in [2.45, 2.75) is 64.1 Å². The van der Waals surface area contributed by atoms with Crippen LogP contribution in [0.4, 0.5) is 5.69 Å². The van der Waals surface area contributed by atoms with Crippen LogP contribution >= 0.6 is 12.2 Å². The predicted octanol–water partition coefficient (Wildman–Crippen LogP) is 7.98. The summed E-state index contributed by atoms with van der Waals surface area (Å²) in [5, 5.41) is 4.31. The van der Waals surface area contributed by atoms with Gasteiger partial charge in [-0.05, 0) is 111 Å². The van der Waals surface area contributed by atoms with E-state index in [-0.39, 0.29) is 12.1 Å². The van der Waals surface area contributed by atoms with Crippen LogP contribution in [0.5, 0.6) is 17.2 Å². The molecule has 4 aromatic rings. The van der Waals surface area contributed by atoms with E-state index < -0.39 is 0 Å². The predicted molar refractivity (Wildman–Crippen MR) is 163 cm³/mol. The van der Waals surface area contributed by atoms with Crippen LogP contribution in [0.2, 0.25) is 0 Å². The lowest BCUT2D eigenvalue weighted by atomic mass is 9.94. The van der Waals surface area contributed by atoms with Crippen molar-refractivity contribution >= 4 is 23.0 Å². The number of pyridine rings is 1. The Balaban J connectivity index is 1.35. The zero-order valence-electron chi connectivity index (χ0n) is 23.3. The first-order valence-corrected chi connectivity index (χ1v) is 14.6. The third kappa shape index (κ3) is 5.06. The zero-order chi connectivity index (χ0) is 27.6. The van der Waals surface area contributed by atoms with Gasteiger partial charge in [0.1, 0.15) is 17.2 Å². The summed E-state index contributed by atoms with van der Waals surface area (Å²) in [5.41, 5.74) is 5.95. The van der Waals surface area contributed by atoms with Gasteiger partial charge in [0.25, 0.3) is 0 Å². The van der Waals surface area contributed by atoms with E-state index in [9.17, 15) is 0 Å². The minimum Gasteiger partial charge on any atom is -0.497 e. The Morgan fingerprint density at radius 3 is 2.20 bits per heavy atom. The summed E-state index contributed by atoms with van der Waals surface area (Å²) >= 11 is 5.98. The highest BCUT2D eigenvalue weighted by Crippen LogP contribution is 2.45. The molecule has 2 aromatic carbocycles. The molecule has 6 nitrogen and oxygen atoms in total. The fourth-order valence-electron chi connectivity index (χ4n) is 6.41. The Morgan fingerprint density at radius 1 is 0.875 bits per heavy atom. The molecule has 0 amide bonds. The van der Waals surface area contributed by atoms with E-state index in [1.807, 2.05) is 54.7 Å². The van der Waals surface area contributed by atoms with Crippen molar-refractivity contribution in [1.82, 2.24) is 14.9 Å². The molecule has 40 heavy (non-hydrogen) atoms. The number of hydrogen-bond acceptors (Lipinski definition) is 4. The van der Waals surface area contributed by atoms with Crippen molar-refractivity contribution < 1.29 is 9.47 Å². The van der Waals surface area contributed by atoms with Crippen molar-refractivity contribution in [3.8, 4) is 17.2 Å². The monoisotopic (exact) mass is 552 g/mol. The lowest BCUT2D eigenvalue weighted by molar-refractivity contribution is 0.345. The van der Waals surface area contributed by atoms with E-state index >= 15 is 0 Å². The first-order chi connectivity index (χ1) is 19.5. The molecule has 0 spiro atoms. The Bertz CT molecular complexity index is 1460. The van der Waals surface area contributed by atoms with Crippen LogP contribution in [0.1, 0.15) is 72.9 Å². The molecule has 0 unspecified atom stereocenters. The summed E-state index contributed by atoms with van der Waals surface area (Å²) in [6, 6.07) is 24.7. The maximum Gasteiger partial charge on any atom is 0.174 e. The van der Waals surface area contributed by atoms with Crippen LogP contribution in [0.3, 0.4) is 0 Å². The molecule has 6 rings (SSSR count). The second kappa shape index (κ2) is 11.3. The van der Waals surface area contributed by atoms with Gasteiger partial charge in [-0.2, -0.15) is 0 Å². The molecule has 2 aromatic heterocycles. The minimum atomic E-state index is -0.0655. The van der Waals surface area contributed by atoms with Crippen LogP contribution < -0.4 is 19.7 Å².